The fourth-order valence-corrected chi connectivity index (χ4v) is 3.84. The van der Waals surface area contributed by atoms with Gasteiger partial charge in [-0.3, -0.25) is 9.59 Å². The highest BCUT2D eigenvalue weighted by atomic mass is 16.3. The molecule has 0 spiro atoms. The minimum atomic E-state index is -0.424. The highest BCUT2D eigenvalue weighted by Gasteiger charge is 2.26. The minimum Gasteiger partial charge on any atom is -0.387 e. The zero-order valence-electron chi connectivity index (χ0n) is 15.2. The number of aromatic nitrogens is 1. The second-order valence-electron chi connectivity index (χ2n) is 7.10. The molecule has 26 heavy (non-hydrogen) atoms. The maximum atomic E-state index is 12.5. The van der Waals surface area contributed by atoms with E-state index in [1.54, 1.807) is 11.1 Å². The molecule has 3 heterocycles. The molecule has 0 radical (unpaired) electrons. The topological polar surface area (TPSA) is 77.0 Å². The van der Waals surface area contributed by atoms with Gasteiger partial charge in [-0.2, -0.15) is 0 Å². The van der Waals surface area contributed by atoms with Crippen LogP contribution in [0.5, 0.6) is 0 Å². The zero-order chi connectivity index (χ0) is 18.4. The Kier molecular flexibility index (Phi) is 6.44. The molecular formula is C19H28N4O3. The van der Waals surface area contributed by atoms with Crippen molar-refractivity contribution in [2.24, 2.45) is 5.92 Å². The van der Waals surface area contributed by atoms with Gasteiger partial charge in [-0.15, -0.1) is 0 Å². The summed E-state index contributed by atoms with van der Waals surface area (Å²) in [6.07, 6.45) is 5.15. The van der Waals surface area contributed by atoms with Crippen LogP contribution in [0.25, 0.3) is 0 Å². The number of hydrogen-bond acceptors (Lipinski definition) is 5. The van der Waals surface area contributed by atoms with E-state index in [1.807, 2.05) is 23.1 Å². The second kappa shape index (κ2) is 8.98. The van der Waals surface area contributed by atoms with Crippen molar-refractivity contribution < 1.29 is 14.7 Å². The van der Waals surface area contributed by atoms with Crippen LogP contribution in [0.15, 0.2) is 24.4 Å². The van der Waals surface area contributed by atoms with Crippen molar-refractivity contribution in [1.29, 1.82) is 0 Å². The number of pyridine rings is 1. The Balaban J connectivity index is 1.41. The average molecular weight is 360 g/mol. The van der Waals surface area contributed by atoms with Gasteiger partial charge in [0.1, 0.15) is 12.4 Å². The van der Waals surface area contributed by atoms with Crippen LogP contribution in [-0.2, 0) is 9.59 Å². The Bertz CT molecular complexity index is 602. The van der Waals surface area contributed by atoms with Gasteiger partial charge in [0.05, 0.1) is 0 Å². The van der Waals surface area contributed by atoms with Gasteiger partial charge >= 0.3 is 0 Å². The number of hydrogen-bond donors (Lipinski definition) is 1. The van der Waals surface area contributed by atoms with Crippen molar-refractivity contribution in [2.45, 2.75) is 25.7 Å². The molecule has 2 amide bonds. The van der Waals surface area contributed by atoms with Crippen molar-refractivity contribution in [3.63, 3.8) is 0 Å². The molecule has 3 rings (SSSR count). The van der Waals surface area contributed by atoms with Crippen molar-refractivity contribution in [2.75, 3.05) is 50.8 Å². The number of rotatable bonds is 5. The van der Waals surface area contributed by atoms with Crippen molar-refractivity contribution >= 4 is 17.6 Å². The minimum absolute atomic E-state index is 0.202. The average Bonchev–Trinajstić information content (AvgIpc) is 2.72. The summed E-state index contributed by atoms with van der Waals surface area (Å²) in [6, 6.07) is 5.89. The Morgan fingerprint density at radius 1 is 1.08 bits per heavy atom. The second-order valence-corrected chi connectivity index (χ2v) is 7.10. The summed E-state index contributed by atoms with van der Waals surface area (Å²) in [6.45, 7) is 4.05. The number of carbonyl (C=O) groups excluding carboxylic acids is 2. The van der Waals surface area contributed by atoms with Crippen molar-refractivity contribution in [1.82, 2.24) is 14.8 Å². The highest BCUT2D eigenvalue weighted by molar-refractivity contribution is 5.77. The fourth-order valence-electron chi connectivity index (χ4n) is 3.84. The van der Waals surface area contributed by atoms with E-state index in [2.05, 4.69) is 9.88 Å². The number of anilines is 1. The number of nitrogens with zero attached hydrogens (tertiary/aromatic N) is 4. The third kappa shape index (κ3) is 4.72. The van der Waals surface area contributed by atoms with Crippen LogP contribution < -0.4 is 4.90 Å². The smallest absolute Gasteiger partial charge is 0.248 e. The molecule has 0 aromatic carbocycles. The Hall–Kier alpha value is -2.15. The van der Waals surface area contributed by atoms with Gasteiger partial charge in [0.2, 0.25) is 11.8 Å². The molecule has 7 nitrogen and oxygen atoms in total. The predicted molar refractivity (Wildman–Crippen MR) is 98.7 cm³/mol. The lowest BCUT2D eigenvalue weighted by molar-refractivity contribution is -0.136. The molecule has 1 aromatic heterocycles. The molecule has 2 fully saturated rings. The lowest BCUT2D eigenvalue weighted by Gasteiger charge is -2.36. The molecule has 0 unspecified atom stereocenters. The summed E-state index contributed by atoms with van der Waals surface area (Å²) < 4.78 is 0. The number of piperazine rings is 1. The first-order valence-electron chi connectivity index (χ1n) is 9.49. The highest BCUT2D eigenvalue weighted by Crippen LogP contribution is 2.22. The number of carbonyl (C=O) groups is 2. The first-order chi connectivity index (χ1) is 12.7. The quantitative estimate of drug-likeness (QED) is 0.838. The molecule has 1 aromatic rings. The van der Waals surface area contributed by atoms with Crippen LogP contribution in [-0.4, -0.2) is 77.6 Å². The largest absolute Gasteiger partial charge is 0.387 e. The SMILES string of the molecule is O=C(CC[C@@H]1CCCN(C(=O)CO)C1)N1CCN(c2ccccn2)CC1. The molecule has 2 aliphatic rings. The third-order valence-electron chi connectivity index (χ3n) is 5.38. The van der Waals surface area contributed by atoms with Crippen LogP contribution in [0, 0.1) is 5.92 Å². The zero-order valence-corrected chi connectivity index (χ0v) is 15.2. The monoisotopic (exact) mass is 360 g/mol. The van der Waals surface area contributed by atoms with Crippen molar-refractivity contribution in [3.05, 3.63) is 24.4 Å². The number of likely N-dealkylation sites (tertiary alicyclic amines) is 1. The molecule has 1 atom stereocenters. The number of aliphatic hydroxyl groups excluding tert-OH is 1. The maximum Gasteiger partial charge on any atom is 0.248 e. The van der Waals surface area contributed by atoms with E-state index in [-0.39, 0.29) is 11.8 Å². The van der Waals surface area contributed by atoms with Gasteiger partial charge in [-0.05, 0) is 37.3 Å². The van der Waals surface area contributed by atoms with Crippen LogP contribution in [0.2, 0.25) is 0 Å². The summed E-state index contributed by atoms with van der Waals surface area (Å²) in [5.41, 5.74) is 0. The maximum absolute atomic E-state index is 12.5. The fraction of sp³-hybridized carbons (Fsp3) is 0.632. The standard InChI is InChI=1S/C19H28N4O3/c24-15-19(26)23-9-3-4-16(14-23)6-7-18(25)22-12-10-21(11-13-22)17-5-1-2-8-20-17/h1-2,5,8,16,24H,3-4,6-7,9-15H2/t16-/m0/s1. The summed E-state index contributed by atoms with van der Waals surface area (Å²) in [5, 5.41) is 9.00. The van der Waals surface area contributed by atoms with Crippen LogP contribution in [0.4, 0.5) is 5.82 Å². The molecule has 2 aliphatic heterocycles. The van der Waals surface area contributed by atoms with Gasteiger partial charge in [0.15, 0.2) is 0 Å². The Labute approximate surface area is 154 Å². The van der Waals surface area contributed by atoms with E-state index in [9.17, 15) is 9.59 Å². The molecule has 0 bridgehead atoms. The predicted octanol–water partition coefficient (Wildman–Crippen LogP) is 0.741. The van der Waals surface area contributed by atoms with Gasteiger partial charge in [0.25, 0.3) is 0 Å². The molecule has 0 saturated carbocycles. The molecule has 2 saturated heterocycles. The number of piperidine rings is 1. The van der Waals surface area contributed by atoms with Crippen LogP contribution in [0.1, 0.15) is 25.7 Å². The van der Waals surface area contributed by atoms with Crippen LogP contribution in [0.3, 0.4) is 0 Å². The van der Waals surface area contributed by atoms with Gasteiger partial charge in [0, 0.05) is 51.9 Å². The van der Waals surface area contributed by atoms with E-state index < -0.39 is 6.61 Å². The van der Waals surface area contributed by atoms with Crippen molar-refractivity contribution in [3.8, 4) is 0 Å². The summed E-state index contributed by atoms with van der Waals surface area (Å²) >= 11 is 0. The van der Waals surface area contributed by atoms with Gasteiger partial charge in [-0.1, -0.05) is 6.07 Å². The molecule has 0 aliphatic carbocycles. The Morgan fingerprint density at radius 3 is 2.58 bits per heavy atom. The van der Waals surface area contributed by atoms with E-state index in [0.717, 1.165) is 57.8 Å². The summed E-state index contributed by atoms with van der Waals surface area (Å²) in [5.74, 6) is 1.33. The van der Waals surface area contributed by atoms with Crippen LogP contribution >= 0.6 is 0 Å². The van der Waals surface area contributed by atoms with E-state index in [1.165, 1.54) is 0 Å². The molecule has 142 valence electrons. The van der Waals surface area contributed by atoms with E-state index in [0.29, 0.717) is 18.9 Å². The normalized spacial score (nSPS) is 21.0. The van der Waals surface area contributed by atoms with E-state index >= 15 is 0 Å². The first kappa shape index (κ1) is 18.6. The first-order valence-corrected chi connectivity index (χ1v) is 9.49. The molecular weight excluding hydrogens is 332 g/mol. The molecule has 7 heteroatoms. The lowest BCUT2D eigenvalue weighted by atomic mass is 9.93. The van der Waals surface area contributed by atoms with Gasteiger partial charge in [-0.25, -0.2) is 4.98 Å². The summed E-state index contributed by atoms with van der Waals surface area (Å²) in [7, 11) is 0. The molecule has 1 N–H and O–H groups in total. The lowest BCUT2D eigenvalue weighted by Crippen LogP contribution is -2.49. The summed E-state index contributed by atoms with van der Waals surface area (Å²) in [4.78, 5) is 34.4. The number of amides is 2. The third-order valence-corrected chi connectivity index (χ3v) is 5.38. The number of aliphatic hydroxyl groups is 1. The van der Waals surface area contributed by atoms with E-state index in [4.69, 9.17) is 5.11 Å². The van der Waals surface area contributed by atoms with Gasteiger partial charge < -0.3 is 19.8 Å². The Morgan fingerprint density at radius 2 is 1.88 bits per heavy atom.